The summed E-state index contributed by atoms with van der Waals surface area (Å²) in [6.07, 6.45) is 6.87. The van der Waals surface area contributed by atoms with E-state index >= 15 is 0 Å². The number of rotatable bonds is 4. The molecule has 0 bridgehead atoms. The number of esters is 1. The SMILES string of the molecule is CCOC(=O)c1ncc(C)nc1Sc1ccn2ccnc2c1Cl. The fourth-order valence-corrected chi connectivity index (χ4v) is 3.25. The van der Waals surface area contributed by atoms with Crippen molar-refractivity contribution in [3.05, 3.63) is 47.3 Å². The molecule has 0 radical (unpaired) electrons. The molecular weight excluding hydrogens is 336 g/mol. The van der Waals surface area contributed by atoms with Crippen LogP contribution in [0.5, 0.6) is 0 Å². The van der Waals surface area contributed by atoms with E-state index in [2.05, 4.69) is 15.0 Å². The van der Waals surface area contributed by atoms with E-state index in [0.29, 0.717) is 21.4 Å². The molecule has 8 heteroatoms. The maximum absolute atomic E-state index is 12.0. The van der Waals surface area contributed by atoms with E-state index in [0.717, 1.165) is 4.90 Å². The van der Waals surface area contributed by atoms with Crippen LogP contribution in [0.1, 0.15) is 23.1 Å². The number of aryl methyl sites for hydroxylation is 1. The lowest BCUT2D eigenvalue weighted by molar-refractivity contribution is 0.0514. The van der Waals surface area contributed by atoms with Gasteiger partial charge in [-0.15, -0.1) is 0 Å². The minimum Gasteiger partial charge on any atom is -0.461 e. The predicted molar refractivity (Wildman–Crippen MR) is 87.1 cm³/mol. The zero-order valence-electron chi connectivity index (χ0n) is 12.5. The highest BCUT2D eigenvalue weighted by Crippen LogP contribution is 2.35. The lowest BCUT2D eigenvalue weighted by atomic mass is 10.4. The van der Waals surface area contributed by atoms with Crippen molar-refractivity contribution in [1.29, 1.82) is 0 Å². The summed E-state index contributed by atoms with van der Waals surface area (Å²) in [6, 6.07) is 1.85. The van der Waals surface area contributed by atoms with Gasteiger partial charge in [-0.3, -0.25) is 0 Å². The summed E-state index contributed by atoms with van der Waals surface area (Å²) in [4.78, 5) is 25.5. The zero-order valence-corrected chi connectivity index (χ0v) is 14.1. The molecule has 6 nitrogen and oxygen atoms in total. The number of imidazole rings is 1. The van der Waals surface area contributed by atoms with Gasteiger partial charge in [0, 0.05) is 29.7 Å². The van der Waals surface area contributed by atoms with Gasteiger partial charge in [0.25, 0.3) is 0 Å². The molecule has 0 aliphatic heterocycles. The Hall–Kier alpha value is -2.12. The summed E-state index contributed by atoms with van der Waals surface area (Å²) in [7, 11) is 0. The molecule has 23 heavy (non-hydrogen) atoms. The first kappa shape index (κ1) is 15.8. The standard InChI is InChI=1S/C15H13ClN4O2S/c1-3-22-15(21)12-14(19-9(2)8-18-12)23-10-4-6-20-7-5-17-13(20)11(10)16/h4-8H,3H2,1-2H3. The summed E-state index contributed by atoms with van der Waals surface area (Å²) in [5, 5.41) is 0.960. The molecule has 0 aliphatic rings. The number of ether oxygens (including phenoxy) is 1. The Morgan fingerprint density at radius 3 is 3.00 bits per heavy atom. The van der Waals surface area contributed by atoms with E-state index in [1.807, 2.05) is 29.8 Å². The quantitative estimate of drug-likeness (QED) is 0.673. The molecule has 0 atom stereocenters. The molecule has 0 N–H and O–H groups in total. The fraction of sp³-hybridized carbons (Fsp3) is 0.200. The fourth-order valence-electron chi connectivity index (χ4n) is 1.98. The Balaban J connectivity index is 2.02. The molecule has 0 aromatic carbocycles. The Labute approximate surface area is 141 Å². The second-order valence-electron chi connectivity index (χ2n) is 4.64. The van der Waals surface area contributed by atoms with Crippen molar-refractivity contribution in [2.45, 2.75) is 23.8 Å². The third kappa shape index (κ3) is 3.16. The summed E-state index contributed by atoms with van der Waals surface area (Å²) >= 11 is 7.66. The first-order valence-corrected chi connectivity index (χ1v) is 8.09. The van der Waals surface area contributed by atoms with Gasteiger partial charge >= 0.3 is 5.97 Å². The highest BCUT2D eigenvalue weighted by atomic mass is 35.5. The minimum absolute atomic E-state index is 0.182. The van der Waals surface area contributed by atoms with Crippen molar-refractivity contribution in [2.75, 3.05) is 6.61 Å². The molecule has 0 saturated carbocycles. The number of halogens is 1. The molecular formula is C15H13ClN4O2S. The molecule has 0 amide bonds. The number of pyridine rings is 1. The van der Waals surface area contributed by atoms with Crippen molar-refractivity contribution >= 4 is 35.0 Å². The number of aromatic nitrogens is 4. The number of hydrogen-bond donors (Lipinski definition) is 0. The molecule has 0 saturated heterocycles. The third-order valence-corrected chi connectivity index (χ3v) is 4.53. The van der Waals surface area contributed by atoms with Crippen LogP contribution in [0.25, 0.3) is 5.65 Å². The van der Waals surface area contributed by atoms with Crippen LogP contribution in [0.15, 0.2) is 40.8 Å². The van der Waals surface area contributed by atoms with Gasteiger partial charge in [0.15, 0.2) is 11.3 Å². The molecule has 3 aromatic rings. The highest BCUT2D eigenvalue weighted by molar-refractivity contribution is 7.99. The van der Waals surface area contributed by atoms with Crippen LogP contribution in [0.3, 0.4) is 0 Å². The van der Waals surface area contributed by atoms with Crippen molar-refractivity contribution in [2.24, 2.45) is 0 Å². The van der Waals surface area contributed by atoms with Crippen LogP contribution in [-0.4, -0.2) is 31.9 Å². The summed E-state index contributed by atoms with van der Waals surface area (Å²) in [5.41, 5.74) is 1.54. The van der Waals surface area contributed by atoms with E-state index in [9.17, 15) is 4.79 Å². The average molecular weight is 349 g/mol. The van der Waals surface area contributed by atoms with Crippen LogP contribution in [0.4, 0.5) is 0 Å². The minimum atomic E-state index is -0.500. The van der Waals surface area contributed by atoms with E-state index in [4.69, 9.17) is 16.3 Å². The van der Waals surface area contributed by atoms with Crippen molar-refractivity contribution < 1.29 is 9.53 Å². The molecule has 3 aromatic heterocycles. The van der Waals surface area contributed by atoms with Crippen molar-refractivity contribution in [3.63, 3.8) is 0 Å². The van der Waals surface area contributed by atoms with Gasteiger partial charge in [-0.25, -0.2) is 19.7 Å². The van der Waals surface area contributed by atoms with Gasteiger partial charge in [-0.1, -0.05) is 23.4 Å². The number of nitrogens with zero attached hydrogens (tertiary/aromatic N) is 4. The van der Waals surface area contributed by atoms with E-state index in [1.165, 1.54) is 18.0 Å². The lowest BCUT2D eigenvalue weighted by Gasteiger charge is -2.09. The van der Waals surface area contributed by atoms with Crippen LogP contribution >= 0.6 is 23.4 Å². The summed E-state index contributed by atoms with van der Waals surface area (Å²) < 4.78 is 6.85. The van der Waals surface area contributed by atoms with E-state index < -0.39 is 5.97 Å². The number of fused-ring (bicyclic) bond motifs is 1. The van der Waals surface area contributed by atoms with Crippen molar-refractivity contribution in [3.8, 4) is 0 Å². The van der Waals surface area contributed by atoms with Gasteiger partial charge < -0.3 is 9.14 Å². The second kappa shape index (κ2) is 6.55. The number of carbonyl (C=O) groups is 1. The Kier molecular flexibility index (Phi) is 4.49. The zero-order chi connectivity index (χ0) is 16.4. The topological polar surface area (TPSA) is 69.4 Å². The summed E-state index contributed by atoms with van der Waals surface area (Å²) in [6.45, 7) is 3.83. The lowest BCUT2D eigenvalue weighted by Crippen LogP contribution is -2.10. The monoisotopic (exact) mass is 348 g/mol. The molecule has 0 fully saturated rings. The van der Waals surface area contributed by atoms with Gasteiger partial charge in [0.2, 0.25) is 0 Å². The predicted octanol–water partition coefficient (Wildman–Crippen LogP) is 3.41. The van der Waals surface area contributed by atoms with Crippen LogP contribution < -0.4 is 0 Å². The largest absolute Gasteiger partial charge is 0.461 e. The molecule has 118 valence electrons. The van der Waals surface area contributed by atoms with Crippen LogP contribution in [-0.2, 0) is 4.74 Å². The first-order chi connectivity index (χ1) is 11.1. The van der Waals surface area contributed by atoms with Gasteiger partial charge in [-0.2, -0.15) is 0 Å². The summed E-state index contributed by atoms with van der Waals surface area (Å²) in [5.74, 6) is -0.500. The normalized spacial score (nSPS) is 10.9. The molecule has 0 unspecified atom stereocenters. The Morgan fingerprint density at radius 2 is 2.22 bits per heavy atom. The van der Waals surface area contributed by atoms with Gasteiger partial charge in [0.05, 0.1) is 17.3 Å². The van der Waals surface area contributed by atoms with Crippen molar-refractivity contribution in [1.82, 2.24) is 19.4 Å². The third-order valence-electron chi connectivity index (χ3n) is 3.00. The average Bonchev–Trinajstić information content (AvgIpc) is 3.00. The van der Waals surface area contributed by atoms with E-state index in [1.54, 1.807) is 13.1 Å². The van der Waals surface area contributed by atoms with Gasteiger partial charge in [0.1, 0.15) is 5.03 Å². The molecule has 0 spiro atoms. The smallest absolute Gasteiger partial charge is 0.359 e. The van der Waals surface area contributed by atoms with Gasteiger partial charge in [-0.05, 0) is 19.9 Å². The molecule has 3 heterocycles. The number of carbonyl (C=O) groups excluding carboxylic acids is 1. The molecule has 0 aliphatic carbocycles. The Morgan fingerprint density at radius 1 is 1.39 bits per heavy atom. The maximum atomic E-state index is 12.0. The van der Waals surface area contributed by atoms with E-state index in [-0.39, 0.29) is 12.3 Å². The molecule has 3 rings (SSSR count). The van der Waals surface area contributed by atoms with Crippen LogP contribution in [0.2, 0.25) is 5.02 Å². The Bertz CT molecular complexity index is 881. The number of hydrogen-bond acceptors (Lipinski definition) is 6. The second-order valence-corrected chi connectivity index (χ2v) is 6.05. The van der Waals surface area contributed by atoms with Crippen LogP contribution in [0, 0.1) is 6.92 Å². The first-order valence-electron chi connectivity index (χ1n) is 6.90. The maximum Gasteiger partial charge on any atom is 0.359 e. The highest BCUT2D eigenvalue weighted by Gasteiger charge is 2.19.